The third-order valence-corrected chi connectivity index (χ3v) is 2.40. The van der Waals surface area contributed by atoms with E-state index in [1.54, 1.807) is 12.1 Å². The second-order valence-electron chi connectivity index (χ2n) is 3.10. The topological polar surface area (TPSA) is 66.4 Å². The zero-order valence-electron chi connectivity index (χ0n) is 8.08. The van der Waals surface area contributed by atoms with Gasteiger partial charge in [-0.25, -0.2) is 0 Å². The van der Waals surface area contributed by atoms with Crippen molar-refractivity contribution in [2.45, 2.75) is 13.3 Å². The second-order valence-corrected chi connectivity index (χ2v) is 3.96. The van der Waals surface area contributed by atoms with Crippen molar-refractivity contribution in [3.63, 3.8) is 0 Å². The molecule has 0 spiro atoms. The van der Waals surface area contributed by atoms with Gasteiger partial charge in [0, 0.05) is 4.47 Å². The lowest BCUT2D eigenvalue weighted by Gasteiger charge is -2.06. The quantitative estimate of drug-likeness (QED) is 0.829. The molecule has 0 aliphatic carbocycles. The van der Waals surface area contributed by atoms with Crippen LogP contribution in [0, 0.1) is 6.92 Å². The van der Waals surface area contributed by atoms with E-state index < -0.39 is 18.3 Å². The van der Waals surface area contributed by atoms with Crippen LogP contribution in [-0.4, -0.2) is 17.0 Å². The highest BCUT2D eigenvalue weighted by atomic mass is 79.9. The van der Waals surface area contributed by atoms with Crippen LogP contribution in [0.15, 0.2) is 22.7 Å². The van der Waals surface area contributed by atoms with Crippen LogP contribution in [0.1, 0.15) is 12.0 Å². The van der Waals surface area contributed by atoms with Gasteiger partial charge in [-0.1, -0.05) is 6.07 Å². The van der Waals surface area contributed by atoms with Gasteiger partial charge >= 0.3 is 5.97 Å². The molecule has 0 unspecified atom stereocenters. The predicted octanol–water partition coefficient (Wildman–Crippen LogP) is 2.17. The first-order chi connectivity index (χ1) is 6.99. The Morgan fingerprint density at radius 1 is 1.47 bits per heavy atom. The Hall–Kier alpha value is -1.36. The second kappa shape index (κ2) is 4.93. The standard InChI is InChI=1S/C10H10BrNO3/c1-6-2-3-7(11)8(4-6)12-9(13)5-10(14)15/h2-4H,5H2,1H3,(H,12,13)(H,14,15). The molecule has 0 fully saturated rings. The smallest absolute Gasteiger partial charge is 0.312 e. The number of carbonyl (C=O) groups excluding carboxylic acids is 1. The third-order valence-electron chi connectivity index (χ3n) is 1.71. The van der Waals surface area contributed by atoms with Crippen LogP contribution in [0.4, 0.5) is 5.69 Å². The first-order valence-electron chi connectivity index (χ1n) is 4.27. The Balaban J connectivity index is 2.76. The molecule has 4 nitrogen and oxygen atoms in total. The molecule has 0 saturated heterocycles. The van der Waals surface area contributed by atoms with Crippen LogP contribution in [-0.2, 0) is 9.59 Å². The number of anilines is 1. The largest absolute Gasteiger partial charge is 0.481 e. The van der Waals surface area contributed by atoms with Gasteiger partial charge in [0.05, 0.1) is 5.69 Å². The molecule has 0 aromatic heterocycles. The molecule has 5 heteroatoms. The zero-order chi connectivity index (χ0) is 11.4. The number of hydrogen-bond donors (Lipinski definition) is 2. The first-order valence-corrected chi connectivity index (χ1v) is 5.06. The van der Waals surface area contributed by atoms with Crippen LogP contribution in [0.25, 0.3) is 0 Å². The maximum Gasteiger partial charge on any atom is 0.312 e. The number of benzene rings is 1. The predicted molar refractivity (Wildman–Crippen MR) is 59.8 cm³/mol. The Morgan fingerprint density at radius 2 is 2.13 bits per heavy atom. The minimum absolute atomic E-state index is 0.527. The summed E-state index contributed by atoms with van der Waals surface area (Å²) in [4.78, 5) is 21.5. The van der Waals surface area contributed by atoms with Gasteiger partial charge in [-0.15, -0.1) is 0 Å². The number of nitrogens with one attached hydrogen (secondary N) is 1. The van der Waals surface area contributed by atoms with Gasteiger partial charge in [0.15, 0.2) is 0 Å². The third kappa shape index (κ3) is 3.71. The van der Waals surface area contributed by atoms with Crippen LogP contribution >= 0.6 is 15.9 Å². The highest BCUT2D eigenvalue weighted by molar-refractivity contribution is 9.10. The van der Waals surface area contributed by atoms with E-state index in [-0.39, 0.29) is 0 Å². The van der Waals surface area contributed by atoms with Crippen LogP contribution in [0.3, 0.4) is 0 Å². The number of aliphatic carboxylic acids is 1. The number of rotatable bonds is 3. The molecule has 0 aliphatic heterocycles. The molecule has 80 valence electrons. The van der Waals surface area contributed by atoms with Gasteiger partial charge in [0.25, 0.3) is 0 Å². The lowest BCUT2D eigenvalue weighted by Crippen LogP contribution is -2.16. The summed E-state index contributed by atoms with van der Waals surface area (Å²) in [6.07, 6.45) is -0.527. The van der Waals surface area contributed by atoms with Gasteiger partial charge in [-0.3, -0.25) is 9.59 Å². The number of amides is 1. The summed E-state index contributed by atoms with van der Waals surface area (Å²) in [6.45, 7) is 1.89. The van der Waals surface area contributed by atoms with E-state index >= 15 is 0 Å². The highest BCUT2D eigenvalue weighted by Gasteiger charge is 2.09. The minimum atomic E-state index is -1.14. The number of halogens is 1. The number of carbonyl (C=O) groups is 2. The van der Waals surface area contributed by atoms with Crippen molar-refractivity contribution in [2.75, 3.05) is 5.32 Å². The summed E-state index contributed by atoms with van der Waals surface area (Å²) < 4.78 is 0.729. The van der Waals surface area contributed by atoms with Crippen LogP contribution in [0.5, 0.6) is 0 Å². The summed E-state index contributed by atoms with van der Waals surface area (Å²) in [7, 11) is 0. The number of hydrogen-bond acceptors (Lipinski definition) is 2. The molecular formula is C10H10BrNO3. The number of carboxylic acid groups (broad SMARTS) is 1. The van der Waals surface area contributed by atoms with Crippen molar-refractivity contribution < 1.29 is 14.7 Å². The molecular weight excluding hydrogens is 262 g/mol. The molecule has 1 amide bonds. The van der Waals surface area contributed by atoms with Gasteiger partial charge < -0.3 is 10.4 Å². The molecule has 0 atom stereocenters. The minimum Gasteiger partial charge on any atom is -0.481 e. The van der Waals surface area contributed by atoms with E-state index in [0.29, 0.717) is 5.69 Å². The van der Waals surface area contributed by atoms with Crippen molar-refractivity contribution in [1.82, 2.24) is 0 Å². The zero-order valence-corrected chi connectivity index (χ0v) is 9.67. The van der Waals surface area contributed by atoms with E-state index in [1.165, 1.54) is 0 Å². The van der Waals surface area contributed by atoms with Crippen molar-refractivity contribution >= 4 is 33.5 Å². The molecule has 0 saturated carbocycles. The fourth-order valence-electron chi connectivity index (χ4n) is 1.07. The van der Waals surface area contributed by atoms with Crippen LogP contribution < -0.4 is 5.32 Å². The summed E-state index contributed by atoms with van der Waals surface area (Å²) in [5, 5.41) is 10.9. The summed E-state index contributed by atoms with van der Waals surface area (Å²) in [5.74, 6) is -1.68. The fourth-order valence-corrected chi connectivity index (χ4v) is 1.41. The van der Waals surface area contributed by atoms with Crippen LogP contribution in [0.2, 0.25) is 0 Å². The average Bonchev–Trinajstić information content (AvgIpc) is 2.10. The van der Waals surface area contributed by atoms with Crippen molar-refractivity contribution in [1.29, 1.82) is 0 Å². The normalized spacial score (nSPS) is 9.73. The Morgan fingerprint density at radius 3 is 2.73 bits per heavy atom. The average molecular weight is 272 g/mol. The fraction of sp³-hybridized carbons (Fsp3) is 0.200. The molecule has 15 heavy (non-hydrogen) atoms. The summed E-state index contributed by atoms with van der Waals surface area (Å²) in [5.41, 5.74) is 1.57. The van der Waals surface area contributed by atoms with Crippen molar-refractivity contribution in [3.8, 4) is 0 Å². The molecule has 1 rings (SSSR count). The summed E-state index contributed by atoms with van der Waals surface area (Å²) in [6, 6.07) is 5.45. The lowest BCUT2D eigenvalue weighted by atomic mass is 10.2. The molecule has 1 aromatic carbocycles. The Labute approximate surface area is 95.4 Å². The maximum atomic E-state index is 11.2. The molecule has 1 aromatic rings. The van der Waals surface area contributed by atoms with Gasteiger partial charge in [-0.2, -0.15) is 0 Å². The Kier molecular flexibility index (Phi) is 3.85. The maximum absolute atomic E-state index is 11.2. The van der Waals surface area contributed by atoms with E-state index in [9.17, 15) is 9.59 Å². The monoisotopic (exact) mass is 271 g/mol. The van der Waals surface area contributed by atoms with Crippen molar-refractivity contribution in [2.24, 2.45) is 0 Å². The van der Waals surface area contributed by atoms with E-state index in [0.717, 1.165) is 10.0 Å². The van der Waals surface area contributed by atoms with E-state index in [4.69, 9.17) is 5.11 Å². The molecule has 0 aliphatic rings. The first kappa shape index (κ1) is 11.7. The number of aryl methyl sites for hydroxylation is 1. The highest BCUT2D eigenvalue weighted by Crippen LogP contribution is 2.23. The van der Waals surface area contributed by atoms with E-state index in [2.05, 4.69) is 21.2 Å². The Bertz CT molecular complexity index is 404. The summed E-state index contributed by atoms with van der Waals surface area (Å²) >= 11 is 3.26. The molecule has 2 N–H and O–H groups in total. The molecule has 0 bridgehead atoms. The van der Waals surface area contributed by atoms with E-state index in [1.807, 2.05) is 13.0 Å². The van der Waals surface area contributed by atoms with Crippen molar-refractivity contribution in [3.05, 3.63) is 28.2 Å². The van der Waals surface area contributed by atoms with Gasteiger partial charge in [0.2, 0.25) is 5.91 Å². The van der Waals surface area contributed by atoms with Gasteiger partial charge in [0.1, 0.15) is 6.42 Å². The molecule has 0 heterocycles. The molecule has 0 radical (unpaired) electrons. The number of carboxylic acids is 1. The SMILES string of the molecule is Cc1ccc(Br)c(NC(=O)CC(=O)O)c1. The van der Waals surface area contributed by atoms with Gasteiger partial charge in [-0.05, 0) is 40.5 Å². The lowest BCUT2D eigenvalue weighted by molar-refractivity contribution is -0.139.